The van der Waals surface area contributed by atoms with Crippen molar-refractivity contribution in [2.45, 2.75) is 25.6 Å². The predicted octanol–water partition coefficient (Wildman–Crippen LogP) is 3.68. The van der Waals surface area contributed by atoms with Crippen LogP contribution in [0, 0.1) is 5.82 Å². The van der Waals surface area contributed by atoms with Gasteiger partial charge in [0.1, 0.15) is 22.8 Å². The Morgan fingerprint density at radius 3 is 2.61 bits per heavy atom. The third-order valence-electron chi connectivity index (χ3n) is 9.69. The molecule has 5 aromatic heterocycles. The number of aromatic nitrogens is 5. The van der Waals surface area contributed by atoms with Crippen molar-refractivity contribution in [3.05, 3.63) is 112 Å². The fourth-order valence-electron chi connectivity index (χ4n) is 7.02. The normalized spacial score (nSPS) is 17.1. The number of ether oxygens (including phenoxy) is 1. The molecule has 2 aliphatic heterocycles. The van der Waals surface area contributed by atoms with Gasteiger partial charge in [0.05, 0.1) is 43.3 Å². The quantitative estimate of drug-likeness (QED) is 0.264. The number of rotatable bonds is 7. The molecule has 0 bridgehead atoms. The highest BCUT2D eigenvalue weighted by Gasteiger charge is 2.32. The monoisotopic (exact) mass is 662 g/mol. The molecule has 2 fully saturated rings. The maximum atomic E-state index is 15.4. The van der Waals surface area contributed by atoms with E-state index in [0.29, 0.717) is 45.5 Å². The minimum atomic E-state index is -0.622. The van der Waals surface area contributed by atoms with Crippen LogP contribution < -0.4 is 21.3 Å². The fraction of sp³-hybridized carbons (Fsp3) is 0.278. The SMILES string of the molecule is C[C@H]1CN(C2COC2)CCN1c1ccc(Nc2cc(-c3ccnc(-n4ccn5c(c(F)c6ccccc65)c4=O)c3CO)cn(C)c2=O)nc1. The van der Waals surface area contributed by atoms with Crippen LogP contribution in [0.5, 0.6) is 0 Å². The summed E-state index contributed by atoms with van der Waals surface area (Å²) in [5.74, 6) is 0.0488. The van der Waals surface area contributed by atoms with Gasteiger partial charge in [0.15, 0.2) is 5.82 Å². The number of pyridine rings is 3. The van der Waals surface area contributed by atoms with Crippen LogP contribution in [0.25, 0.3) is 33.4 Å². The largest absolute Gasteiger partial charge is 0.392 e. The van der Waals surface area contributed by atoms with Gasteiger partial charge in [-0.25, -0.2) is 14.4 Å². The van der Waals surface area contributed by atoms with Gasteiger partial charge in [-0.2, -0.15) is 0 Å². The summed E-state index contributed by atoms with van der Waals surface area (Å²) in [5, 5.41) is 14.1. The Morgan fingerprint density at radius 2 is 1.88 bits per heavy atom. The first-order valence-electron chi connectivity index (χ1n) is 16.2. The predicted molar refractivity (Wildman–Crippen MR) is 185 cm³/mol. The summed E-state index contributed by atoms with van der Waals surface area (Å²) in [6, 6.07) is 15.0. The number of aliphatic hydroxyl groups is 1. The van der Waals surface area contributed by atoms with Gasteiger partial charge >= 0.3 is 0 Å². The lowest BCUT2D eigenvalue weighted by atomic mass is 10.0. The molecule has 2 aliphatic rings. The molecule has 8 rings (SSSR count). The summed E-state index contributed by atoms with van der Waals surface area (Å²) in [6.07, 6.45) is 8.12. The van der Waals surface area contributed by atoms with E-state index in [9.17, 15) is 14.7 Å². The number of benzene rings is 1. The highest BCUT2D eigenvalue weighted by molar-refractivity contribution is 5.88. The molecule has 250 valence electrons. The molecule has 2 N–H and O–H groups in total. The number of fused-ring (bicyclic) bond motifs is 3. The summed E-state index contributed by atoms with van der Waals surface area (Å²) >= 11 is 0. The number of hydrogen-bond acceptors (Lipinski definition) is 9. The van der Waals surface area contributed by atoms with Gasteiger partial charge in [-0.05, 0) is 48.9 Å². The molecule has 12 nitrogen and oxygen atoms in total. The third kappa shape index (κ3) is 5.26. The van der Waals surface area contributed by atoms with E-state index in [1.165, 1.54) is 25.9 Å². The number of nitrogens with zero attached hydrogens (tertiary/aromatic N) is 7. The van der Waals surface area contributed by atoms with Gasteiger partial charge in [0.2, 0.25) is 0 Å². The standard InChI is InChI=1S/C36H35FN8O4/c1-22-17-42(25-20-49-21-25)11-12-43(22)24-7-8-31(39-16-24)40-29-15-23(18-41(2)35(29)47)26-9-10-38-34(28(26)19-46)45-14-13-44-30-6-4-3-5-27(30)32(37)33(44)36(45)48/h3-10,13-16,18,22,25,46H,11-12,17,19-21H2,1-2H3,(H,39,40)/t22-/m0/s1. The first-order chi connectivity index (χ1) is 23.8. The van der Waals surface area contributed by atoms with Crippen molar-refractivity contribution in [2.24, 2.45) is 7.05 Å². The highest BCUT2D eigenvalue weighted by atomic mass is 19.1. The molecule has 0 amide bonds. The molecule has 0 spiro atoms. The zero-order valence-corrected chi connectivity index (χ0v) is 27.1. The van der Waals surface area contributed by atoms with Gasteiger partial charge in [-0.15, -0.1) is 0 Å². The van der Waals surface area contributed by atoms with Crippen LogP contribution in [-0.4, -0.2) is 78.4 Å². The number of hydrogen-bond donors (Lipinski definition) is 2. The molecule has 1 atom stereocenters. The molecule has 49 heavy (non-hydrogen) atoms. The lowest BCUT2D eigenvalue weighted by Gasteiger charge is -2.46. The average Bonchev–Trinajstić information content (AvgIpc) is 3.38. The zero-order chi connectivity index (χ0) is 33.8. The van der Waals surface area contributed by atoms with Crippen molar-refractivity contribution in [3.8, 4) is 16.9 Å². The second kappa shape index (κ2) is 12.3. The van der Waals surface area contributed by atoms with Gasteiger partial charge < -0.3 is 29.0 Å². The Balaban J connectivity index is 1.10. The highest BCUT2D eigenvalue weighted by Crippen LogP contribution is 2.30. The Labute approximate surface area is 280 Å². The first-order valence-corrected chi connectivity index (χ1v) is 16.2. The number of anilines is 3. The van der Waals surface area contributed by atoms with Crippen LogP contribution in [0.3, 0.4) is 0 Å². The first kappa shape index (κ1) is 30.9. The number of halogens is 1. The van der Waals surface area contributed by atoms with Crippen LogP contribution in [0.1, 0.15) is 12.5 Å². The van der Waals surface area contributed by atoms with Crippen LogP contribution in [0.2, 0.25) is 0 Å². The number of nitrogens with one attached hydrogen (secondary N) is 1. The molecule has 0 aliphatic carbocycles. The Bertz CT molecular complexity index is 2330. The average molecular weight is 663 g/mol. The molecular weight excluding hydrogens is 627 g/mol. The van der Waals surface area contributed by atoms with Crippen LogP contribution in [0.15, 0.2) is 89.1 Å². The molecule has 1 aromatic carbocycles. The number of aliphatic hydroxyl groups excluding tert-OH is 1. The van der Waals surface area contributed by atoms with Crippen molar-refractivity contribution >= 4 is 33.6 Å². The summed E-state index contributed by atoms with van der Waals surface area (Å²) in [5.41, 5.74) is 2.38. The van der Waals surface area contributed by atoms with E-state index in [1.807, 2.05) is 18.3 Å². The van der Waals surface area contributed by atoms with Gasteiger partial charge in [0, 0.05) is 74.0 Å². The third-order valence-corrected chi connectivity index (χ3v) is 9.69. The molecule has 7 heterocycles. The lowest BCUT2D eigenvalue weighted by Crippen LogP contribution is -2.59. The van der Waals surface area contributed by atoms with Crippen molar-refractivity contribution in [1.29, 1.82) is 0 Å². The van der Waals surface area contributed by atoms with Crippen molar-refractivity contribution in [1.82, 2.24) is 28.4 Å². The summed E-state index contributed by atoms with van der Waals surface area (Å²) < 4.78 is 25.0. The topological polar surface area (TPSA) is 122 Å². The van der Waals surface area contributed by atoms with E-state index < -0.39 is 18.0 Å². The fourth-order valence-corrected chi connectivity index (χ4v) is 7.02. The number of piperazine rings is 1. The Hall–Kier alpha value is -5.37. The Morgan fingerprint density at radius 1 is 1.04 bits per heavy atom. The second-order valence-electron chi connectivity index (χ2n) is 12.7. The van der Waals surface area contributed by atoms with E-state index >= 15 is 4.39 Å². The van der Waals surface area contributed by atoms with Crippen LogP contribution in [-0.2, 0) is 18.4 Å². The van der Waals surface area contributed by atoms with Gasteiger partial charge in [-0.3, -0.25) is 19.1 Å². The molecule has 6 aromatic rings. The van der Waals surface area contributed by atoms with E-state index in [4.69, 9.17) is 4.74 Å². The maximum Gasteiger partial charge on any atom is 0.283 e. The van der Waals surface area contributed by atoms with E-state index in [-0.39, 0.29) is 22.6 Å². The summed E-state index contributed by atoms with van der Waals surface area (Å²) in [7, 11) is 1.64. The maximum absolute atomic E-state index is 15.4. The minimum Gasteiger partial charge on any atom is -0.392 e. The Kier molecular flexibility index (Phi) is 7.74. The van der Waals surface area contributed by atoms with Crippen molar-refractivity contribution < 1.29 is 14.2 Å². The van der Waals surface area contributed by atoms with Gasteiger partial charge in [-0.1, -0.05) is 12.1 Å². The molecule has 0 saturated carbocycles. The number of para-hydroxylation sites is 1. The summed E-state index contributed by atoms with van der Waals surface area (Å²) in [6.45, 7) is 6.20. The van der Waals surface area contributed by atoms with Crippen molar-refractivity contribution in [2.75, 3.05) is 43.1 Å². The second-order valence-corrected chi connectivity index (χ2v) is 12.7. The molecule has 0 unspecified atom stereocenters. The van der Waals surface area contributed by atoms with E-state index in [2.05, 4.69) is 32.0 Å². The van der Waals surface area contributed by atoms with E-state index in [1.54, 1.807) is 55.8 Å². The summed E-state index contributed by atoms with van der Waals surface area (Å²) in [4.78, 5) is 40.8. The van der Waals surface area contributed by atoms with Gasteiger partial charge in [0.25, 0.3) is 11.1 Å². The molecule has 2 saturated heterocycles. The van der Waals surface area contributed by atoms with Crippen LogP contribution >= 0.6 is 0 Å². The molecule has 13 heteroatoms. The lowest BCUT2D eigenvalue weighted by molar-refractivity contribution is -0.0691. The smallest absolute Gasteiger partial charge is 0.283 e. The zero-order valence-electron chi connectivity index (χ0n) is 27.1. The minimum absolute atomic E-state index is 0.118. The number of aryl methyl sites for hydroxylation is 1. The van der Waals surface area contributed by atoms with E-state index in [0.717, 1.165) is 38.5 Å². The van der Waals surface area contributed by atoms with Crippen LogP contribution in [0.4, 0.5) is 21.6 Å². The van der Waals surface area contributed by atoms with Crippen molar-refractivity contribution in [3.63, 3.8) is 0 Å². The molecule has 0 radical (unpaired) electrons. The molecular formula is C36H35FN8O4.